The van der Waals surface area contributed by atoms with Gasteiger partial charge in [0.2, 0.25) is 11.8 Å². The van der Waals surface area contributed by atoms with E-state index in [0.717, 1.165) is 0 Å². The number of sulfone groups is 1. The molecule has 7 heteroatoms. The topological polar surface area (TPSA) is 92.3 Å². The summed E-state index contributed by atoms with van der Waals surface area (Å²) in [6.45, 7) is 3.53. The van der Waals surface area contributed by atoms with Crippen molar-refractivity contribution in [1.29, 1.82) is 0 Å². The summed E-state index contributed by atoms with van der Waals surface area (Å²) in [4.78, 5) is 21.1. The minimum absolute atomic E-state index is 0.0628. The Morgan fingerprint density at radius 3 is 1.53 bits per heavy atom. The first kappa shape index (κ1) is 15.9. The zero-order valence-electron chi connectivity index (χ0n) is 10.3. The molecule has 0 spiro atoms. The molecular weight excluding hydrogens is 244 g/mol. The lowest BCUT2D eigenvalue weighted by atomic mass is 10.5. The van der Waals surface area contributed by atoms with Crippen LogP contribution < -0.4 is 10.6 Å². The van der Waals surface area contributed by atoms with Crippen molar-refractivity contribution in [3.05, 3.63) is 0 Å². The second-order valence-corrected chi connectivity index (χ2v) is 6.13. The molecule has 0 aliphatic carbocycles. The van der Waals surface area contributed by atoms with Crippen LogP contribution in [0, 0.1) is 0 Å². The van der Waals surface area contributed by atoms with E-state index in [0.29, 0.717) is 25.9 Å². The van der Waals surface area contributed by atoms with Crippen LogP contribution in [0.3, 0.4) is 0 Å². The fraction of sp³-hybridized carbons (Fsp3) is 0.800. The Bertz CT molecular complexity index is 323. The van der Waals surface area contributed by atoms with Crippen molar-refractivity contribution >= 4 is 21.7 Å². The fourth-order valence-corrected chi connectivity index (χ4v) is 2.59. The summed E-state index contributed by atoms with van der Waals surface area (Å²) in [5, 5.41) is 5.08. The highest BCUT2D eigenvalue weighted by atomic mass is 32.2. The molecule has 2 amide bonds. The highest BCUT2D eigenvalue weighted by Crippen LogP contribution is 1.96. The average molecular weight is 264 g/mol. The first-order valence-electron chi connectivity index (χ1n) is 5.53. The Kier molecular flexibility index (Phi) is 7.53. The van der Waals surface area contributed by atoms with Gasteiger partial charge >= 0.3 is 0 Å². The van der Waals surface area contributed by atoms with Gasteiger partial charge in [0, 0.05) is 26.9 Å². The molecule has 0 bridgehead atoms. The van der Waals surface area contributed by atoms with Crippen LogP contribution in [0.4, 0.5) is 0 Å². The minimum atomic E-state index is -3.08. The first-order chi connectivity index (χ1) is 7.83. The number of amides is 2. The van der Waals surface area contributed by atoms with Gasteiger partial charge in [-0.25, -0.2) is 8.42 Å². The van der Waals surface area contributed by atoms with E-state index in [1.165, 1.54) is 13.8 Å². The number of hydrogen-bond donors (Lipinski definition) is 2. The second kappa shape index (κ2) is 8.05. The zero-order valence-corrected chi connectivity index (χ0v) is 11.1. The summed E-state index contributed by atoms with van der Waals surface area (Å²) < 4.78 is 23.0. The van der Waals surface area contributed by atoms with E-state index in [-0.39, 0.29) is 23.3 Å². The maximum absolute atomic E-state index is 11.5. The Morgan fingerprint density at radius 1 is 0.882 bits per heavy atom. The molecule has 100 valence electrons. The van der Waals surface area contributed by atoms with E-state index < -0.39 is 9.84 Å². The van der Waals surface area contributed by atoms with Crippen LogP contribution in [0.5, 0.6) is 0 Å². The van der Waals surface area contributed by atoms with Crippen LogP contribution in [0.15, 0.2) is 0 Å². The lowest BCUT2D eigenvalue weighted by molar-refractivity contribution is -0.119. The molecular formula is C10H20N2O4S. The van der Waals surface area contributed by atoms with Gasteiger partial charge in [0.05, 0.1) is 11.5 Å². The first-order valence-corrected chi connectivity index (χ1v) is 7.35. The fourth-order valence-electron chi connectivity index (χ4n) is 1.22. The number of nitrogens with one attached hydrogen (secondary N) is 2. The molecule has 6 nitrogen and oxygen atoms in total. The lowest BCUT2D eigenvalue weighted by Gasteiger charge is -2.05. The van der Waals surface area contributed by atoms with Gasteiger partial charge < -0.3 is 10.6 Å². The van der Waals surface area contributed by atoms with E-state index in [4.69, 9.17) is 0 Å². The maximum Gasteiger partial charge on any atom is 0.216 e. The van der Waals surface area contributed by atoms with Crippen molar-refractivity contribution in [3.8, 4) is 0 Å². The summed E-state index contributed by atoms with van der Waals surface area (Å²) in [6, 6.07) is 0. The molecule has 0 aromatic carbocycles. The number of rotatable bonds is 8. The van der Waals surface area contributed by atoms with E-state index >= 15 is 0 Å². The highest BCUT2D eigenvalue weighted by Gasteiger charge is 2.10. The van der Waals surface area contributed by atoms with Gasteiger partial charge in [0.1, 0.15) is 9.84 Å². The molecule has 0 aliphatic rings. The molecule has 0 radical (unpaired) electrons. The summed E-state index contributed by atoms with van der Waals surface area (Å²) in [5.74, 6) is -0.193. The standard InChI is InChI=1S/C10H20N2O4S/c1-9(13)11-5-3-7-17(15,16)8-4-6-12-10(2)14/h3-8H2,1-2H3,(H,11,13)(H,12,14). The minimum Gasteiger partial charge on any atom is -0.356 e. The Hall–Kier alpha value is -1.11. The Morgan fingerprint density at radius 2 is 1.24 bits per heavy atom. The van der Waals surface area contributed by atoms with Gasteiger partial charge in [-0.15, -0.1) is 0 Å². The van der Waals surface area contributed by atoms with Gasteiger partial charge in [-0.1, -0.05) is 0 Å². The van der Waals surface area contributed by atoms with E-state index in [1.54, 1.807) is 0 Å². The highest BCUT2D eigenvalue weighted by molar-refractivity contribution is 7.91. The number of hydrogen-bond acceptors (Lipinski definition) is 4. The van der Waals surface area contributed by atoms with Crippen molar-refractivity contribution in [3.63, 3.8) is 0 Å². The van der Waals surface area contributed by atoms with Gasteiger partial charge in [0.25, 0.3) is 0 Å². The molecule has 0 saturated carbocycles. The van der Waals surface area contributed by atoms with Gasteiger partial charge in [0.15, 0.2) is 0 Å². The lowest BCUT2D eigenvalue weighted by Crippen LogP contribution is -2.25. The molecule has 0 saturated heterocycles. The van der Waals surface area contributed by atoms with E-state index in [9.17, 15) is 18.0 Å². The number of carbonyl (C=O) groups is 2. The zero-order chi connectivity index (χ0) is 13.3. The van der Waals surface area contributed by atoms with Crippen LogP contribution in [-0.2, 0) is 19.4 Å². The predicted molar refractivity (Wildman–Crippen MR) is 65.3 cm³/mol. The third-order valence-corrected chi connectivity index (χ3v) is 3.83. The Labute approximate surface area is 102 Å². The molecule has 0 aromatic rings. The van der Waals surface area contributed by atoms with Crippen LogP contribution in [-0.4, -0.2) is 44.8 Å². The largest absolute Gasteiger partial charge is 0.356 e. The van der Waals surface area contributed by atoms with Crippen LogP contribution in [0.2, 0.25) is 0 Å². The van der Waals surface area contributed by atoms with Crippen LogP contribution in [0.1, 0.15) is 26.7 Å². The van der Waals surface area contributed by atoms with E-state index in [2.05, 4.69) is 10.6 Å². The molecule has 0 fully saturated rings. The molecule has 0 aromatic heterocycles. The molecule has 0 heterocycles. The molecule has 17 heavy (non-hydrogen) atoms. The molecule has 2 N–H and O–H groups in total. The number of carbonyl (C=O) groups excluding carboxylic acids is 2. The molecule has 0 rings (SSSR count). The summed E-state index contributed by atoms with van der Waals surface area (Å²) in [5.41, 5.74) is 0. The van der Waals surface area contributed by atoms with Crippen molar-refractivity contribution in [2.24, 2.45) is 0 Å². The molecule has 0 atom stereocenters. The smallest absolute Gasteiger partial charge is 0.216 e. The van der Waals surface area contributed by atoms with Crippen molar-refractivity contribution in [1.82, 2.24) is 10.6 Å². The molecule has 0 unspecified atom stereocenters. The third kappa shape index (κ3) is 11.2. The Balaban J connectivity index is 3.66. The van der Waals surface area contributed by atoms with E-state index in [1.807, 2.05) is 0 Å². The second-order valence-electron chi connectivity index (χ2n) is 3.82. The third-order valence-electron chi connectivity index (χ3n) is 2.01. The predicted octanol–water partition coefficient (Wildman–Crippen LogP) is -0.546. The van der Waals surface area contributed by atoms with Crippen molar-refractivity contribution in [2.45, 2.75) is 26.7 Å². The summed E-state index contributed by atoms with van der Waals surface area (Å²) >= 11 is 0. The van der Waals surface area contributed by atoms with Crippen LogP contribution in [0.25, 0.3) is 0 Å². The van der Waals surface area contributed by atoms with Crippen molar-refractivity contribution in [2.75, 3.05) is 24.6 Å². The normalized spacial score (nSPS) is 10.9. The monoisotopic (exact) mass is 264 g/mol. The van der Waals surface area contributed by atoms with Crippen molar-refractivity contribution < 1.29 is 18.0 Å². The van der Waals surface area contributed by atoms with Gasteiger partial charge in [-0.05, 0) is 12.8 Å². The molecule has 0 aliphatic heterocycles. The van der Waals surface area contributed by atoms with Gasteiger partial charge in [-0.3, -0.25) is 9.59 Å². The SMILES string of the molecule is CC(=O)NCCCS(=O)(=O)CCCNC(C)=O. The van der Waals surface area contributed by atoms with Gasteiger partial charge in [-0.2, -0.15) is 0 Å². The summed E-state index contributed by atoms with van der Waals surface area (Å²) in [7, 11) is -3.08. The average Bonchev–Trinajstić information content (AvgIpc) is 2.19. The maximum atomic E-state index is 11.5. The van der Waals surface area contributed by atoms with Crippen LogP contribution >= 0.6 is 0 Å². The summed E-state index contributed by atoms with van der Waals surface area (Å²) in [6.07, 6.45) is 0.837. The quantitative estimate of drug-likeness (QED) is 0.576.